The number of benzene rings is 1. The molecule has 0 saturated carbocycles. The third-order valence-electron chi connectivity index (χ3n) is 3.31. The van der Waals surface area contributed by atoms with Crippen molar-refractivity contribution >= 4 is 5.91 Å². The molecule has 0 radical (unpaired) electrons. The van der Waals surface area contributed by atoms with Gasteiger partial charge in [0.2, 0.25) is 5.91 Å². The second kappa shape index (κ2) is 5.90. The van der Waals surface area contributed by atoms with Crippen molar-refractivity contribution in [3.63, 3.8) is 0 Å². The molecule has 0 aliphatic carbocycles. The largest absolute Gasteiger partial charge is 0.337 e. The van der Waals surface area contributed by atoms with Gasteiger partial charge >= 0.3 is 0 Å². The standard InChI is InChI=1S/C16H20N2O/c1-4-13-9-16(19)18(11-13)12-15-7-5-6-14(8-15)10-17(2)3/h1,5-8,13H,9-12H2,2-3H3. The molecule has 1 heterocycles. The van der Waals surface area contributed by atoms with Gasteiger partial charge in [-0.15, -0.1) is 12.3 Å². The number of likely N-dealkylation sites (tertiary alicyclic amines) is 1. The number of nitrogens with zero attached hydrogens (tertiary/aromatic N) is 2. The molecule has 1 atom stereocenters. The molecule has 1 unspecified atom stereocenters. The lowest BCUT2D eigenvalue weighted by atomic mass is 10.1. The van der Waals surface area contributed by atoms with Gasteiger partial charge in [-0.25, -0.2) is 0 Å². The monoisotopic (exact) mass is 256 g/mol. The van der Waals surface area contributed by atoms with E-state index < -0.39 is 0 Å². The average molecular weight is 256 g/mol. The van der Waals surface area contributed by atoms with E-state index in [0.717, 1.165) is 6.54 Å². The van der Waals surface area contributed by atoms with Crippen LogP contribution in [0.15, 0.2) is 24.3 Å². The summed E-state index contributed by atoms with van der Waals surface area (Å²) in [7, 11) is 4.10. The molecule has 1 amide bonds. The molecule has 0 aromatic heterocycles. The van der Waals surface area contributed by atoms with Crippen molar-refractivity contribution in [2.75, 3.05) is 20.6 Å². The Morgan fingerprint density at radius 1 is 1.42 bits per heavy atom. The van der Waals surface area contributed by atoms with Crippen molar-refractivity contribution in [1.29, 1.82) is 0 Å². The molecule has 0 spiro atoms. The summed E-state index contributed by atoms with van der Waals surface area (Å²) in [5.41, 5.74) is 2.44. The van der Waals surface area contributed by atoms with Gasteiger partial charge < -0.3 is 9.80 Å². The molecule has 1 saturated heterocycles. The van der Waals surface area contributed by atoms with Crippen LogP contribution in [0, 0.1) is 18.3 Å². The molecule has 0 N–H and O–H groups in total. The highest BCUT2D eigenvalue weighted by molar-refractivity contribution is 5.79. The summed E-state index contributed by atoms with van der Waals surface area (Å²) in [6, 6.07) is 8.39. The maximum Gasteiger partial charge on any atom is 0.224 e. The fraction of sp³-hybridized carbons (Fsp3) is 0.438. The van der Waals surface area contributed by atoms with Crippen LogP contribution in [0.25, 0.3) is 0 Å². The smallest absolute Gasteiger partial charge is 0.224 e. The molecule has 1 fully saturated rings. The molecular weight excluding hydrogens is 236 g/mol. The number of hydrogen-bond acceptors (Lipinski definition) is 2. The van der Waals surface area contributed by atoms with E-state index in [2.05, 4.69) is 29.0 Å². The van der Waals surface area contributed by atoms with Crippen LogP contribution in [0.1, 0.15) is 17.5 Å². The fourth-order valence-electron chi connectivity index (χ4n) is 2.45. The maximum atomic E-state index is 11.8. The SMILES string of the molecule is C#CC1CC(=O)N(Cc2cccc(CN(C)C)c2)C1. The summed E-state index contributed by atoms with van der Waals surface area (Å²) >= 11 is 0. The van der Waals surface area contributed by atoms with Crippen LogP contribution in [0.4, 0.5) is 0 Å². The van der Waals surface area contributed by atoms with Crippen molar-refractivity contribution in [2.24, 2.45) is 5.92 Å². The molecule has 1 aromatic rings. The number of hydrogen-bond donors (Lipinski definition) is 0. The quantitative estimate of drug-likeness (QED) is 0.766. The third-order valence-corrected chi connectivity index (χ3v) is 3.31. The van der Waals surface area contributed by atoms with Crippen LogP contribution in [0.3, 0.4) is 0 Å². The first kappa shape index (κ1) is 13.6. The maximum absolute atomic E-state index is 11.8. The lowest BCUT2D eigenvalue weighted by molar-refractivity contribution is -0.128. The number of amides is 1. The molecule has 1 aromatic carbocycles. The predicted molar refractivity (Wildman–Crippen MR) is 76.2 cm³/mol. The minimum Gasteiger partial charge on any atom is -0.337 e. The number of carbonyl (C=O) groups excluding carboxylic acids is 1. The van der Waals surface area contributed by atoms with E-state index in [-0.39, 0.29) is 11.8 Å². The van der Waals surface area contributed by atoms with E-state index >= 15 is 0 Å². The van der Waals surface area contributed by atoms with Gasteiger partial charge in [0.1, 0.15) is 0 Å². The zero-order valence-electron chi connectivity index (χ0n) is 11.6. The molecule has 3 nitrogen and oxygen atoms in total. The molecule has 1 aliphatic rings. The summed E-state index contributed by atoms with van der Waals surface area (Å²) in [4.78, 5) is 15.8. The first-order chi connectivity index (χ1) is 9.08. The van der Waals surface area contributed by atoms with Crippen LogP contribution in [-0.2, 0) is 17.9 Å². The summed E-state index contributed by atoms with van der Waals surface area (Å²) in [5.74, 6) is 2.93. The van der Waals surface area contributed by atoms with E-state index in [9.17, 15) is 4.79 Å². The van der Waals surface area contributed by atoms with E-state index in [4.69, 9.17) is 6.42 Å². The van der Waals surface area contributed by atoms with Gasteiger partial charge in [0, 0.05) is 32.0 Å². The van der Waals surface area contributed by atoms with Crippen LogP contribution in [0.5, 0.6) is 0 Å². The molecule has 3 heteroatoms. The van der Waals surface area contributed by atoms with Gasteiger partial charge in [-0.3, -0.25) is 4.79 Å². The van der Waals surface area contributed by atoms with Crippen molar-refractivity contribution in [3.05, 3.63) is 35.4 Å². The number of terminal acetylenes is 1. The van der Waals surface area contributed by atoms with Crippen molar-refractivity contribution in [2.45, 2.75) is 19.5 Å². The van der Waals surface area contributed by atoms with Gasteiger partial charge in [0.15, 0.2) is 0 Å². The van der Waals surface area contributed by atoms with Crippen LogP contribution in [0.2, 0.25) is 0 Å². The summed E-state index contributed by atoms with van der Waals surface area (Å²) in [6.07, 6.45) is 5.89. The van der Waals surface area contributed by atoms with Gasteiger partial charge in [-0.05, 0) is 25.2 Å². The zero-order valence-corrected chi connectivity index (χ0v) is 11.6. The van der Waals surface area contributed by atoms with Crippen molar-refractivity contribution in [1.82, 2.24) is 9.80 Å². The number of carbonyl (C=O) groups is 1. The van der Waals surface area contributed by atoms with E-state index in [1.165, 1.54) is 11.1 Å². The fourth-order valence-corrected chi connectivity index (χ4v) is 2.45. The van der Waals surface area contributed by atoms with E-state index in [0.29, 0.717) is 19.5 Å². The summed E-state index contributed by atoms with van der Waals surface area (Å²) in [5, 5.41) is 0. The molecule has 2 rings (SSSR count). The Morgan fingerprint density at radius 3 is 2.79 bits per heavy atom. The summed E-state index contributed by atoms with van der Waals surface area (Å²) in [6.45, 7) is 2.26. The normalized spacial score (nSPS) is 18.9. The van der Waals surface area contributed by atoms with Crippen LogP contribution >= 0.6 is 0 Å². The van der Waals surface area contributed by atoms with Crippen molar-refractivity contribution in [3.8, 4) is 12.3 Å². The Kier molecular flexibility index (Phi) is 4.24. The Morgan fingerprint density at radius 2 is 2.16 bits per heavy atom. The first-order valence-electron chi connectivity index (χ1n) is 6.55. The highest BCUT2D eigenvalue weighted by Crippen LogP contribution is 2.20. The summed E-state index contributed by atoms with van der Waals surface area (Å²) < 4.78 is 0. The minimum atomic E-state index is 0.0810. The highest BCUT2D eigenvalue weighted by Gasteiger charge is 2.27. The van der Waals surface area contributed by atoms with Crippen molar-refractivity contribution < 1.29 is 4.79 Å². The second-order valence-corrected chi connectivity index (χ2v) is 5.40. The van der Waals surface area contributed by atoms with E-state index in [1.807, 2.05) is 25.1 Å². The lowest BCUT2D eigenvalue weighted by Gasteiger charge is -2.17. The Hall–Kier alpha value is -1.79. The molecule has 19 heavy (non-hydrogen) atoms. The van der Waals surface area contributed by atoms with Gasteiger partial charge in [0.05, 0.1) is 0 Å². The van der Waals surface area contributed by atoms with Gasteiger partial charge in [-0.2, -0.15) is 0 Å². The number of rotatable bonds is 4. The van der Waals surface area contributed by atoms with Crippen LogP contribution in [-0.4, -0.2) is 36.3 Å². The average Bonchev–Trinajstić information content (AvgIpc) is 2.70. The molecule has 1 aliphatic heterocycles. The van der Waals surface area contributed by atoms with Gasteiger partial charge in [-0.1, -0.05) is 24.3 Å². The molecule has 0 bridgehead atoms. The molecule has 100 valence electrons. The Bertz CT molecular complexity index is 502. The minimum absolute atomic E-state index is 0.0810. The van der Waals surface area contributed by atoms with Crippen LogP contribution < -0.4 is 0 Å². The second-order valence-electron chi connectivity index (χ2n) is 5.40. The predicted octanol–water partition coefficient (Wildman–Crippen LogP) is 1.73. The Labute approximate surface area is 115 Å². The topological polar surface area (TPSA) is 23.6 Å². The van der Waals surface area contributed by atoms with E-state index in [1.54, 1.807) is 0 Å². The first-order valence-corrected chi connectivity index (χ1v) is 6.55. The highest BCUT2D eigenvalue weighted by atomic mass is 16.2. The zero-order chi connectivity index (χ0) is 13.8. The Balaban J connectivity index is 2.03. The lowest BCUT2D eigenvalue weighted by Crippen LogP contribution is -2.24. The van der Waals surface area contributed by atoms with Gasteiger partial charge in [0.25, 0.3) is 0 Å². The third kappa shape index (κ3) is 3.59. The molecular formula is C16H20N2O.